The fraction of sp³-hybridized carbons (Fsp3) is 0.857. The van der Waals surface area contributed by atoms with Crippen LogP contribution in [0.3, 0.4) is 0 Å². The molecular weight excluding hydrogens is 424 g/mol. The first-order chi connectivity index (χ1) is 14.8. The number of aliphatic hydroxyl groups excluding tert-OH is 4. The number of carbonyl (C=O) groups excluding carboxylic acids is 3. The second-order valence-electron chi connectivity index (χ2n) is 8.73. The average Bonchev–Trinajstić information content (AvgIpc) is 2.74. The van der Waals surface area contributed by atoms with Gasteiger partial charge in [-0.1, -0.05) is 19.8 Å². The number of hydrogen-bond acceptors (Lipinski definition) is 10. The third kappa shape index (κ3) is 7.84. The highest BCUT2D eigenvalue weighted by atomic mass is 16.7. The summed E-state index contributed by atoms with van der Waals surface area (Å²) in [6.07, 6.45) is -4.44. The molecule has 0 aromatic heterocycles. The predicted octanol–water partition coefficient (Wildman–Crippen LogP) is -1.88. The van der Waals surface area contributed by atoms with Crippen LogP contribution in [0.4, 0.5) is 0 Å². The Kier molecular flexibility index (Phi) is 11.3. The molecule has 1 rings (SSSR count). The van der Waals surface area contributed by atoms with E-state index >= 15 is 0 Å². The van der Waals surface area contributed by atoms with Crippen molar-refractivity contribution in [3.8, 4) is 0 Å². The molecule has 11 nitrogen and oxygen atoms in total. The Morgan fingerprint density at radius 2 is 1.72 bits per heavy atom. The van der Waals surface area contributed by atoms with Crippen LogP contribution < -0.4 is 11.1 Å². The molecule has 1 aliphatic heterocycles. The number of nitrogens with one attached hydrogen (secondary N) is 1. The van der Waals surface area contributed by atoms with Gasteiger partial charge in [0.25, 0.3) is 0 Å². The van der Waals surface area contributed by atoms with Crippen molar-refractivity contribution in [3.05, 3.63) is 0 Å². The molecule has 8 atom stereocenters. The zero-order valence-corrected chi connectivity index (χ0v) is 18.9. The lowest BCUT2D eigenvalue weighted by Gasteiger charge is -2.45. The van der Waals surface area contributed by atoms with Crippen molar-refractivity contribution in [2.45, 2.75) is 102 Å². The summed E-state index contributed by atoms with van der Waals surface area (Å²) >= 11 is 0. The number of rotatable bonds is 13. The molecule has 1 aliphatic rings. The van der Waals surface area contributed by atoms with E-state index in [9.17, 15) is 39.9 Å². The highest BCUT2D eigenvalue weighted by molar-refractivity contribution is 5.93. The second kappa shape index (κ2) is 12.7. The summed E-state index contributed by atoms with van der Waals surface area (Å²) in [6.45, 7) is 3.97. The van der Waals surface area contributed by atoms with Crippen molar-refractivity contribution in [3.63, 3.8) is 0 Å². The van der Waals surface area contributed by atoms with Crippen molar-refractivity contribution in [2.24, 2.45) is 11.7 Å². The molecule has 0 aliphatic carbocycles. The number of aliphatic hydroxyl groups is 5. The molecule has 186 valence electrons. The van der Waals surface area contributed by atoms with Crippen LogP contribution in [0.5, 0.6) is 0 Å². The van der Waals surface area contributed by atoms with Crippen LogP contribution in [0.2, 0.25) is 0 Å². The highest BCUT2D eigenvalue weighted by Crippen LogP contribution is 2.32. The van der Waals surface area contributed by atoms with Crippen LogP contribution in [0.15, 0.2) is 0 Å². The topological polar surface area (TPSA) is 200 Å². The van der Waals surface area contributed by atoms with Crippen LogP contribution in [0, 0.1) is 5.92 Å². The van der Waals surface area contributed by atoms with Gasteiger partial charge >= 0.3 is 0 Å². The van der Waals surface area contributed by atoms with Gasteiger partial charge in [0.15, 0.2) is 11.6 Å². The molecule has 1 saturated heterocycles. The Labute approximate surface area is 187 Å². The van der Waals surface area contributed by atoms with Gasteiger partial charge in [0, 0.05) is 18.8 Å². The van der Waals surface area contributed by atoms with Crippen molar-refractivity contribution in [2.75, 3.05) is 6.61 Å². The van der Waals surface area contributed by atoms with E-state index in [2.05, 4.69) is 5.32 Å². The van der Waals surface area contributed by atoms with E-state index in [4.69, 9.17) is 10.5 Å². The first-order valence-corrected chi connectivity index (χ1v) is 11.0. The summed E-state index contributed by atoms with van der Waals surface area (Å²) < 4.78 is 5.20. The number of ether oxygens (including phenoxy) is 1. The van der Waals surface area contributed by atoms with Gasteiger partial charge in [-0.2, -0.15) is 0 Å². The Morgan fingerprint density at radius 1 is 1.09 bits per heavy atom. The molecule has 1 unspecified atom stereocenters. The van der Waals surface area contributed by atoms with E-state index in [0.29, 0.717) is 25.7 Å². The summed E-state index contributed by atoms with van der Waals surface area (Å²) in [7, 11) is 0. The Balaban J connectivity index is 2.38. The number of Topliss-reactive ketones (excluding diaryl/α,β-unsaturated/α-hetero) is 2. The standard InChI is InChI=1S/C21H38N2O9/c1-11(13(3)25)9-15(26)12(2)23-20(30)14(22)7-5-4-6-8-21(31)19(29)18(28)17(27)16(10-24)32-21/h11-12,14,16-19,24,27-29,31H,4-10,22H2,1-3H3,(H,23,30)/t11-,12+,14+,16-,17+,18+,19-,21?/m1/s1. The summed E-state index contributed by atoms with van der Waals surface area (Å²) in [5.74, 6) is -3.34. The lowest BCUT2D eigenvalue weighted by atomic mass is 9.89. The molecule has 1 fully saturated rings. The lowest BCUT2D eigenvalue weighted by Crippen LogP contribution is -2.65. The second-order valence-corrected chi connectivity index (χ2v) is 8.73. The third-order valence-corrected chi connectivity index (χ3v) is 5.98. The quantitative estimate of drug-likeness (QED) is 0.152. The molecule has 1 heterocycles. The molecule has 0 spiro atoms. The normalized spacial score (nSPS) is 30.9. The fourth-order valence-corrected chi connectivity index (χ4v) is 3.50. The summed E-state index contributed by atoms with van der Waals surface area (Å²) in [4.78, 5) is 35.6. The molecule has 0 radical (unpaired) electrons. The maximum atomic E-state index is 12.2. The maximum absolute atomic E-state index is 12.2. The van der Waals surface area contributed by atoms with Crippen molar-refractivity contribution in [1.29, 1.82) is 0 Å². The number of carbonyl (C=O) groups is 3. The average molecular weight is 463 g/mol. The first-order valence-electron chi connectivity index (χ1n) is 11.0. The van der Waals surface area contributed by atoms with Gasteiger partial charge in [0.05, 0.1) is 18.7 Å². The minimum Gasteiger partial charge on any atom is -0.394 e. The number of amides is 1. The summed E-state index contributed by atoms with van der Waals surface area (Å²) in [5, 5.41) is 51.9. The largest absolute Gasteiger partial charge is 0.394 e. The van der Waals surface area contributed by atoms with Crippen molar-refractivity contribution >= 4 is 17.5 Å². The summed E-state index contributed by atoms with van der Waals surface area (Å²) in [5.41, 5.74) is 5.88. The Morgan fingerprint density at radius 3 is 2.28 bits per heavy atom. The van der Waals surface area contributed by atoms with E-state index in [1.807, 2.05) is 0 Å². The molecule has 1 amide bonds. The SMILES string of the molecule is CC(=O)[C@H](C)CC(=O)[C@H](C)NC(=O)[C@@H](N)CCCCCC1(O)O[C@H](CO)[C@H](O)[C@H](O)[C@H]1O. The zero-order valence-electron chi connectivity index (χ0n) is 18.9. The number of ketones is 2. The van der Waals surface area contributed by atoms with Gasteiger partial charge in [-0.3, -0.25) is 14.4 Å². The Bertz CT molecular complexity index is 645. The zero-order chi connectivity index (χ0) is 24.6. The highest BCUT2D eigenvalue weighted by Gasteiger charge is 2.51. The number of hydrogen-bond donors (Lipinski definition) is 7. The Hall–Kier alpha value is -1.47. The monoisotopic (exact) mass is 462 g/mol. The van der Waals surface area contributed by atoms with Crippen LogP contribution in [0.1, 0.15) is 59.3 Å². The molecule has 0 bridgehead atoms. The van der Waals surface area contributed by atoms with Gasteiger partial charge in [0.2, 0.25) is 5.91 Å². The molecular formula is C21H38N2O9. The van der Waals surface area contributed by atoms with E-state index < -0.39 is 60.7 Å². The summed E-state index contributed by atoms with van der Waals surface area (Å²) in [6, 6.07) is -1.60. The number of unbranched alkanes of at least 4 members (excludes halogenated alkanes) is 2. The predicted molar refractivity (Wildman–Crippen MR) is 113 cm³/mol. The van der Waals surface area contributed by atoms with Gasteiger partial charge < -0.3 is 41.3 Å². The van der Waals surface area contributed by atoms with Gasteiger partial charge in [-0.25, -0.2) is 0 Å². The van der Waals surface area contributed by atoms with Crippen LogP contribution in [-0.4, -0.2) is 91.9 Å². The van der Waals surface area contributed by atoms with Crippen LogP contribution >= 0.6 is 0 Å². The third-order valence-electron chi connectivity index (χ3n) is 5.98. The van der Waals surface area contributed by atoms with Crippen molar-refractivity contribution in [1.82, 2.24) is 5.32 Å². The molecule has 8 N–H and O–H groups in total. The minimum absolute atomic E-state index is 0.0473. The van der Waals surface area contributed by atoms with E-state index in [1.54, 1.807) is 13.8 Å². The van der Waals surface area contributed by atoms with Gasteiger partial charge in [-0.15, -0.1) is 0 Å². The van der Waals surface area contributed by atoms with Crippen LogP contribution in [0.25, 0.3) is 0 Å². The smallest absolute Gasteiger partial charge is 0.237 e. The molecule has 0 aromatic rings. The maximum Gasteiger partial charge on any atom is 0.237 e. The molecule has 32 heavy (non-hydrogen) atoms. The fourth-order valence-electron chi connectivity index (χ4n) is 3.50. The minimum atomic E-state index is -2.11. The van der Waals surface area contributed by atoms with E-state index in [1.165, 1.54) is 6.92 Å². The van der Waals surface area contributed by atoms with Gasteiger partial charge in [0.1, 0.15) is 30.2 Å². The lowest BCUT2D eigenvalue weighted by molar-refractivity contribution is -0.351. The van der Waals surface area contributed by atoms with Gasteiger partial charge in [-0.05, 0) is 26.7 Å². The molecule has 0 aromatic carbocycles. The molecule has 0 saturated carbocycles. The molecule has 11 heteroatoms. The van der Waals surface area contributed by atoms with Crippen LogP contribution in [-0.2, 0) is 19.1 Å². The van der Waals surface area contributed by atoms with Crippen molar-refractivity contribution < 1.29 is 44.7 Å². The van der Waals surface area contributed by atoms with E-state index in [0.717, 1.165) is 0 Å². The number of nitrogens with two attached hydrogens (primary N) is 1. The van der Waals surface area contributed by atoms with E-state index in [-0.39, 0.29) is 24.4 Å². The first kappa shape index (κ1) is 28.6.